The number of thioether (sulfide) groups is 1. The Hall–Kier alpha value is -2.80. The van der Waals surface area contributed by atoms with Crippen molar-refractivity contribution >= 4 is 35.2 Å². The van der Waals surface area contributed by atoms with Crippen LogP contribution in [-0.2, 0) is 15.3 Å². The van der Waals surface area contributed by atoms with E-state index in [9.17, 15) is 9.59 Å². The molecule has 3 aromatic carbocycles. The van der Waals surface area contributed by atoms with Crippen LogP contribution in [0.1, 0.15) is 42.4 Å². The highest BCUT2D eigenvalue weighted by Gasteiger charge is 2.35. The molecular formula is C29H32ClN3O2S. The largest absolute Gasteiger partial charge is 0.356 e. The SMILES string of the molecule is CC1NC(SCc2cccc(Cl)c2)NC(=O)C1CC(=O)NCCC(c1ccccc1)c1ccccc1. The first-order valence-corrected chi connectivity index (χ1v) is 13.7. The number of hydrogen-bond acceptors (Lipinski definition) is 4. The Morgan fingerprint density at radius 2 is 1.67 bits per heavy atom. The molecule has 3 N–H and O–H groups in total. The van der Waals surface area contributed by atoms with Crippen molar-refractivity contribution in [2.75, 3.05) is 6.54 Å². The molecule has 7 heteroatoms. The lowest BCUT2D eigenvalue weighted by atomic mass is 9.88. The molecule has 1 fully saturated rings. The molecule has 188 valence electrons. The molecule has 1 saturated heterocycles. The minimum atomic E-state index is -0.410. The number of carbonyl (C=O) groups is 2. The molecule has 4 rings (SSSR count). The highest BCUT2D eigenvalue weighted by Crippen LogP contribution is 2.27. The van der Waals surface area contributed by atoms with Crippen LogP contribution in [0.25, 0.3) is 0 Å². The molecule has 5 nitrogen and oxygen atoms in total. The molecule has 3 unspecified atom stereocenters. The predicted octanol–water partition coefficient (Wildman–Crippen LogP) is 5.31. The molecule has 1 heterocycles. The Morgan fingerprint density at radius 1 is 1.00 bits per heavy atom. The van der Waals surface area contributed by atoms with Crippen molar-refractivity contribution in [3.8, 4) is 0 Å². The minimum Gasteiger partial charge on any atom is -0.356 e. The van der Waals surface area contributed by atoms with Gasteiger partial charge in [0.2, 0.25) is 11.8 Å². The monoisotopic (exact) mass is 521 g/mol. The summed E-state index contributed by atoms with van der Waals surface area (Å²) in [6.07, 6.45) is 0.944. The van der Waals surface area contributed by atoms with Crippen LogP contribution in [0.4, 0.5) is 0 Å². The van der Waals surface area contributed by atoms with Gasteiger partial charge in [-0.2, -0.15) is 0 Å². The van der Waals surface area contributed by atoms with Crippen molar-refractivity contribution in [3.63, 3.8) is 0 Å². The maximum absolute atomic E-state index is 12.8. The van der Waals surface area contributed by atoms with E-state index < -0.39 is 5.92 Å². The lowest BCUT2D eigenvalue weighted by Gasteiger charge is -2.35. The van der Waals surface area contributed by atoms with Crippen molar-refractivity contribution in [3.05, 3.63) is 107 Å². The van der Waals surface area contributed by atoms with Crippen molar-refractivity contribution in [2.24, 2.45) is 5.92 Å². The van der Waals surface area contributed by atoms with Gasteiger partial charge in [0.1, 0.15) is 5.50 Å². The third-order valence-corrected chi connectivity index (χ3v) is 7.82. The van der Waals surface area contributed by atoms with Crippen LogP contribution < -0.4 is 16.0 Å². The van der Waals surface area contributed by atoms with Crippen LogP contribution in [0, 0.1) is 5.92 Å². The van der Waals surface area contributed by atoms with E-state index in [1.165, 1.54) is 11.1 Å². The summed E-state index contributed by atoms with van der Waals surface area (Å²) in [6.45, 7) is 2.51. The smallest absolute Gasteiger partial charge is 0.227 e. The summed E-state index contributed by atoms with van der Waals surface area (Å²) < 4.78 is 0. The highest BCUT2D eigenvalue weighted by molar-refractivity contribution is 7.99. The van der Waals surface area contributed by atoms with Gasteiger partial charge in [0.15, 0.2) is 0 Å². The van der Waals surface area contributed by atoms with Crippen molar-refractivity contribution in [2.45, 2.75) is 43.0 Å². The van der Waals surface area contributed by atoms with Gasteiger partial charge in [-0.1, -0.05) is 84.4 Å². The van der Waals surface area contributed by atoms with Crippen LogP contribution >= 0.6 is 23.4 Å². The molecule has 0 saturated carbocycles. The van der Waals surface area contributed by atoms with Gasteiger partial charge in [-0.25, -0.2) is 0 Å². The average Bonchev–Trinajstić information content (AvgIpc) is 2.89. The highest BCUT2D eigenvalue weighted by atomic mass is 35.5. The number of amides is 2. The molecule has 1 aliphatic rings. The van der Waals surface area contributed by atoms with E-state index >= 15 is 0 Å². The molecule has 1 aliphatic heterocycles. The van der Waals surface area contributed by atoms with E-state index in [2.05, 4.69) is 40.2 Å². The quantitative estimate of drug-likeness (QED) is 0.338. The van der Waals surface area contributed by atoms with Crippen molar-refractivity contribution in [1.29, 1.82) is 0 Å². The molecule has 0 radical (unpaired) electrons. The van der Waals surface area contributed by atoms with Gasteiger partial charge in [-0.05, 0) is 42.2 Å². The first-order valence-electron chi connectivity index (χ1n) is 12.3. The van der Waals surface area contributed by atoms with Gasteiger partial charge in [0.05, 0.1) is 5.92 Å². The van der Waals surface area contributed by atoms with Gasteiger partial charge in [-0.3, -0.25) is 14.9 Å². The Balaban J connectivity index is 1.26. The van der Waals surface area contributed by atoms with Crippen LogP contribution in [0.5, 0.6) is 0 Å². The fourth-order valence-corrected chi connectivity index (χ4v) is 5.81. The van der Waals surface area contributed by atoms with E-state index in [1.54, 1.807) is 11.8 Å². The molecule has 3 atom stereocenters. The second kappa shape index (κ2) is 12.9. The fourth-order valence-electron chi connectivity index (χ4n) is 4.55. The normalized spacial score (nSPS) is 19.6. The summed E-state index contributed by atoms with van der Waals surface area (Å²) in [5, 5.41) is 10.2. The van der Waals surface area contributed by atoms with Gasteiger partial charge in [0, 0.05) is 35.7 Å². The summed E-state index contributed by atoms with van der Waals surface area (Å²) >= 11 is 7.66. The summed E-state index contributed by atoms with van der Waals surface area (Å²) in [5.41, 5.74) is 3.35. The van der Waals surface area contributed by atoms with Gasteiger partial charge >= 0.3 is 0 Å². The first kappa shape index (κ1) is 26.3. The molecule has 0 aromatic heterocycles. The van der Waals surface area contributed by atoms with Gasteiger partial charge < -0.3 is 10.6 Å². The maximum Gasteiger partial charge on any atom is 0.227 e. The first-order chi connectivity index (χ1) is 17.5. The average molecular weight is 522 g/mol. The number of benzene rings is 3. The predicted molar refractivity (Wildman–Crippen MR) is 148 cm³/mol. The fraction of sp³-hybridized carbons (Fsp3) is 0.310. The van der Waals surface area contributed by atoms with E-state index in [4.69, 9.17) is 11.6 Å². The molecule has 0 spiro atoms. The zero-order valence-corrected chi connectivity index (χ0v) is 21.9. The minimum absolute atomic E-state index is 0.0913. The van der Waals surface area contributed by atoms with E-state index in [0.717, 1.165) is 17.7 Å². The molecular weight excluding hydrogens is 490 g/mol. The van der Waals surface area contributed by atoms with E-state index in [0.29, 0.717) is 11.6 Å². The van der Waals surface area contributed by atoms with Crippen LogP contribution in [0.3, 0.4) is 0 Å². The summed E-state index contributed by atoms with van der Waals surface area (Å²) in [6, 6.07) is 28.3. The number of carbonyl (C=O) groups excluding carboxylic acids is 2. The third-order valence-electron chi connectivity index (χ3n) is 6.50. The van der Waals surface area contributed by atoms with Crippen LogP contribution in [0.15, 0.2) is 84.9 Å². The van der Waals surface area contributed by atoms with E-state index in [1.807, 2.05) is 67.6 Å². The molecule has 0 bridgehead atoms. The Labute approximate surface area is 222 Å². The zero-order valence-electron chi connectivity index (χ0n) is 20.3. The second-order valence-corrected chi connectivity index (χ2v) is 10.6. The van der Waals surface area contributed by atoms with Gasteiger partial charge in [-0.15, -0.1) is 11.8 Å². The lowest BCUT2D eigenvalue weighted by molar-refractivity contribution is -0.133. The van der Waals surface area contributed by atoms with Crippen LogP contribution in [-0.4, -0.2) is 29.9 Å². The van der Waals surface area contributed by atoms with E-state index in [-0.39, 0.29) is 35.7 Å². The topological polar surface area (TPSA) is 70.2 Å². The second-order valence-electron chi connectivity index (χ2n) is 9.11. The molecule has 3 aromatic rings. The lowest BCUT2D eigenvalue weighted by Crippen LogP contribution is -2.59. The zero-order chi connectivity index (χ0) is 25.3. The summed E-state index contributed by atoms with van der Waals surface area (Å²) in [4.78, 5) is 25.5. The number of hydrogen-bond donors (Lipinski definition) is 3. The summed E-state index contributed by atoms with van der Waals surface area (Å²) in [7, 11) is 0. The van der Waals surface area contributed by atoms with Crippen molar-refractivity contribution in [1.82, 2.24) is 16.0 Å². The molecule has 36 heavy (non-hydrogen) atoms. The molecule has 2 amide bonds. The maximum atomic E-state index is 12.8. The number of halogens is 1. The number of rotatable bonds is 10. The third kappa shape index (κ3) is 7.36. The standard InChI is InChI=1S/C29H32ClN3O2S/c1-20-26(28(35)33-29(32-20)36-19-21-9-8-14-24(30)17-21)18-27(34)31-16-15-25(22-10-4-2-5-11-22)23-12-6-3-7-13-23/h2-14,17,20,25-26,29,32H,15-16,18-19H2,1H3,(H,31,34)(H,33,35). The number of nitrogens with one attached hydrogen (secondary N) is 3. The van der Waals surface area contributed by atoms with Crippen LogP contribution in [0.2, 0.25) is 5.02 Å². The molecule has 0 aliphatic carbocycles. The summed E-state index contributed by atoms with van der Waals surface area (Å²) in [5.74, 6) is 0.316. The Morgan fingerprint density at radius 3 is 2.28 bits per heavy atom. The Kier molecular flexibility index (Phi) is 9.45. The van der Waals surface area contributed by atoms with Crippen molar-refractivity contribution < 1.29 is 9.59 Å². The Bertz CT molecular complexity index is 1110. The van der Waals surface area contributed by atoms with Gasteiger partial charge in [0.25, 0.3) is 0 Å².